The summed E-state index contributed by atoms with van der Waals surface area (Å²) in [7, 11) is 1.64. The van der Waals surface area contributed by atoms with E-state index in [1.807, 2.05) is 36.1 Å². The smallest absolute Gasteiger partial charge is 0.235 e. The first kappa shape index (κ1) is 19.9. The fraction of sp³-hybridized carbons (Fsp3) is 0.526. The number of rotatable bonds is 6. The molecule has 0 spiro atoms. The molecule has 8 heteroatoms. The first-order valence-corrected chi connectivity index (χ1v) is 10.8. The minimum Gasteiger partial charge on any atom is -0.497 e. The van der Waals surface area contributed by atoms with E-state index in [1.54, 1.807) is 7.11 Å². The van der Waals surface area contributed by atoms with E-state index in [2.05, 4.69) is 29.4 Å². The van der Waals surface area contributed by atoms with Gasteiger partial charge < -0.3 is 15.0 Å². The summed E-state index contributed by atoms with van der Waals surface area (Å²) in [5, 5.41) is 12.2. The van der Waals surface area contributed by atoms with Crippen LogP contribution in [0.2, 0.25) is 0 Å². The van der Waals surface area contributed by atoms with Crippen molar-refractivity contribution in [3.8, 4) is 5.75 Å². The molecule has 0 aliphatic carbocycles. The molecule has 27 heavy (non-hydrogen) atoms. The molecular formula is C19H26N4O2S2. The van der Waals surface area contributed by atoms with Crippen LogP contribution in [-0.4, -0.2) is 46.5 Å². The predicted octanol–water partition coefficient (Wildman–Crippen LogP) is 4.28. The molecule has 1 amide bonds. The van der Waals surface area contributed by atoms with E-state index in [0.29, 0.717) is 17.0 Å². The molecule has 3 atom stereocenters. The normalized spacial score (nSPS) is 21.0. The van der Waals surface area contributed by atoms with Gasteiger partial charge in [0.05, 0.1) is 12.4 Å². The van der Waals surface area contributed by atoms with Gasteiger partial charge >= 0.3 is 0 Å². The van der Waals surface area contributed by atoms with Crippen LogP contribution in [0.1, 0.15) is 27.2 Å². The number of hydrogen-bond donors (Lipinski definition) is 1. The molecular weight excluding hydrogens is 380 g/mol. The lowest BCUT2D eigenvalue weighted by atomic mass is 9.92. The van der Waals surface area contributed by atoms with Gasteiger partial charge in [0.2, 0.25) is 11.0 Å². The second-order valence-corrected chi connectivity index (χ2v) is 9.74. The number of carbonyl (C=O) groups is 1. The van der Waals surface area contributed by atoms with Crippen LogP contribution in [0.4, 0.5) is 10.8 Å². The molecule has 2 heterocycles. The molecule has 1 aromatic heterocycles. The fourth-order valence-electron chi connectivity index (χ4n) is 3.41. The van der Waals surface area contributed by atoms with Gasteiger partial charge in [-0.3, -0.25) is 4.79 Å². The molecule has 1 aliphatic heterocycles. The van der Waals surface area contributed by atoms with Gasteiger partial charge in [-0.2, -0.15) is 0 Å². The Morgan fingerprint density at radius 1 is 1.26 bits per heavy atom. The standard InChI is InChI=1S/C19H26N4O2S2/c1-12-9-13(2)11-23(10-12)17(24)14(3)26-19-22-21-18(27-19)20-15-5-7-16(25-4)8-6-15/h5-8,12-14H,9-11H2,1-4H3,(H,20,21). The van der Waals surface area contributed by atoms with Crippen LogP contribution in [0.15, 0.2) is 28.6 Å². The molecule has 1 aliphatic rings. The Labute approximate surface area is 168 Å². The number of hydrogen-bond acceptors (Lipinski definition) is 7. The molecule has 1 aromatic carbocycles. The minimum atomic E-state index is -0.163. The second kappa shape index (κ2) is 8.93. The average molecular weight is 407 g/mol. The fourth-order valence-corrected chi connectivity index (χ4v) is 5.41. The van der Waals surface area contributed by atoms with Crippen LogP contribution in [0, 0.1) is 11.8 Å². The first-order valence-electron chi connectivity index (χ1n) is 9.14. The Hall–Kier alpha value is -1.80. The summed E-state index contributed by atoms with van der Waals surface area (Å²) in [6, 6.07) is 7.64. The monoisotopic (exact) mass is 406 g/mol. The number of benzene rings is 1. The Morgan fingerprint density at radius 2 is 1.93 bits per heavy atom. The van der Waals surface area contributed by atoms with Crippen molar-refractivity contribution in [2.75, 3.05) is 25.5 Å². The number of nitrogens with one attached hydrogen (secondary N) is 1. The summed E-state index contributed by atoms with van der Waals surface area (Å²) in [4.78, 5) is 14.8. The van der Waals surface area contributed by atoms with Crippen LogP contribution < -0.4 is 10.1 Å². The molecule has 1 saturated heterocycles. The minimum absolute atomic E-state index is 0.163. The van der Waals surface area contributed by atoms with Gasteiger partial charge in [0.1, 0.15) is 5.75 Å². The Bertz CT molecular complexity index is 755. The molecule has 3 rings (SSSR count). The zero-order valence-corrected chi connectivity index (χ0v) is 17.8. The van der Waals surface area contributed by atoms with Gasteiger partial charge in [-0.25, -0.2) is 0 Å². The van der Waals surface area contributed by atoms with Gasteiger partial charge in [0.15, 0.2) is 4.34 Å². The lowest BCUT2D eigenvalue weighted by Crippen LogP contribution is -2.45. The van der Waals surface area contributed by atoms with Gasteiger partial charge in [0.25, 0.3) is 0 Å². The maximum atomic E-state index is 12.8. The Morgan fingerprint density at radius 3 is 2.56 bits per heavy atom. The maximum absolute atomic E-state index is 12.8. The van der Waals surface area contributed by atoms with Crippen molar-refractivity contribution in [3.63, 3.8) is 0 Å². The molecule has 6 nitrogen and oxygen atoms in total. The van der Waals surface area contributed by atoms with Crippen LogP contribution in [0.25, 0.3) is 0 Å². The largest absolute Gasteiger partial charge is 0.497 e. The van der Waals surface area contributed by atoms with Crippen molar-refractivity contribution in [2.45, 2.75) is 36.8 Å². The van der Waals surface area contributed by atoms with Crippen LogP contribution in [0.3, 0.4) is 0 Å². The van der Waals surface area contributed by atoms with E-state index in [-0.39, 0.29) is 11.2 Å². The number of methoxy groups -OCH3 is 1. The summed E-state index contributed by atoms with van der Waals surface area (Å²) in [5.41, 5.74) is 0.920. The summed E-state index contributed by atoms with van der Waals surface area (Å²) < 4.78 is 5.96. The maximum Gasteiger partial charge on any atom is 0.235 e. The number of amides is 1. The summed E-state index contributed by atoms with van der Waals surface area (Å²) in [6.45, 7) is 8.10. The number of aromatic nitrogens is 2. The molecule has 146 valence electrons. The molecule has 0 saturated carbocycles. The Balaban J connectivity index is 1.56. The number of nitrogens with zero attached hydrogens (tertiary/aromatic N) is 3. The highest BCUT2D eigenvalue weighted by Gasteiger charge is 2.29. The van der Waals surface area contributed by atoms with Gasteiger partial charge in [-0.1, -0.05) is 36.9 Å². The molecule has 0 bridgehead atoms. The lowest BCUT2D eigenvalue weighted by molar-refractivity contribution is -0.132. The average Bonchev–Trinajstić information content (AvgIpc) is 3.07. The Kier molecular flexibility index (Phi) is 6.59. The third-order valence-electron chi connectivity index (χ3n) is 4.55. The SMILES string of the molecule is COc1ccc(Nc2nnc(SC(C)C(=O)N3CC(C)CC(C)C3)s2)cc1. The van der Waals surface area contributed by atoms with E-state index < -0.39 is 0 Å². The molecule has 1 fully saturated rings. The number of likely N-dealkylation sites (tertiary alicyclic amines) is 1. The zero-order valence-electron chi connectivity index (χ0n) is 16.1. The number of carbonyl (C=O) groups excluding carboxylic acids is 1. The number of ether oxygens (including phenoxy) is 1. The van der Waals surface area contributed by atoms with Crippen LogP contribution in [-0.2, 0) is 4.79 Å². The van der Waals surface area contributed by atoms with Crippen molar-refractivity contribution < 1.29 is 9.53 Å². The van der Waals surface area contributed by atoms with E-state index in [0.717, 1.165) is 28.9 Å². The highest BCUT2D eigenvalue weighted by Crippen LogP contribution is 2.32. The highest BCUT2D eigenvalue weighted by atomic mass is 32.2. The predicted molar refractivity (Wildman–Crippen MR) is 111 cm³/mol. The third kappa shape index (κ3) is 5.35. The van der Waals surface area contributed by atoms with Gasteiger partial charge in [-0.15, -0.1) is 10.2 Å². The van der Waals surface area contributed by atoms with Crippen LogP contribution in [0.5, 0.6) is 5.75 Å². The summed E-state index contributed by atoms with van der Waals surface area (Å²) in [6.07, 6.45) is 1.20. The van der Waals surface area contributed by atoms with Crippen molar-refractivity contribution >= 4 is 39.8 Å². The zero-order chi connectivity index (χ0) is 19.4. The number of anilines is 2. The second-order valence-electron chi connectivity index (χ2n) is 7.18. The molecule has 2 aromatic rings. The van der Waals surface area contributed by atoms with Crippen LogP contribution >= 0.6 is 23.1 Å². The van der Waals surface area contributed by atoms with E-state index in [1.165, 1.54) is 29.5 Å². The summed E-state index contributed by atoms with van der Waals surface area (Å²) >= 11 is 2.94. The van der Waals surface area contributed by atoms with E-state index >= 15 is 0 Å². The highest BCUT2D eigenvalue weighted by molar-refractivity contribution is 8.02. The van der Waals surface area contributed by atoms with E-state index in [4.69, 9.17) is 4.74 Å². The summed E-state index contributed by atoms with van der Waals surface area (Å²) in [5.74, 6) is 2.13. The topological polar surface area (TPSA) is 67.3 Å². The molecule has 0 radical (unpaired) electrons. The molecule has 3 unspecified atom stereocenters. The number of thioether (sulfide) groups is 1. The van der Waals surface area contributed by atoms with Gasteiger partial charge in [-0.05, 0) is 49.4 Å². The van der Waals surface area contributed by atoms with Crippen molar-refractivity contribution in [1.82, 2.24) is 15.1 Å². The molecule has 1 N–H and O–H groups in total. The van der Waals surface area contributed by atoms with Crippen molar-refractivity contribution in [2.24, 2.45) is 11.8 Å². The van der Waals surface area contributed by atoms with Crippen molar-refractivity contribution in [3.05, 3.63) is 24.3 Å². The number of piperidine rings is 1. The lowest BCUT2D eigenvalue weighted by Gasteiger charge is -2.36. The van der Waals surface area contributed by atoms with Gasteiger partial charge in [0, 0.05) is 18.8 Å². The van der Waals surface area contributed by atoms with E-state index in [9.17, 15) is 4.79 Å². The first-order chi connectivity index (χ1) is 12.9. The third-order valence-corrected chi connectivity index (χ3v) is 6.56. The quantitative estimate of drug-likeness (QED) is 0.723. The van der Waals surface area contributed by atoms with Crippen molar-refractivity contribution in [1.29, 1.82) is 0 Å².